The van der Waals surface area contributed by atoms with Crippen LogP contribution in [0.25, 0.3) is 38.9 Å². The van der Waals surface area contributed by atoms with Crippen LogP contribution in [0, 0.1) is 0 Å². The molecular weight excluding hydrogens is 367 g/mol. The van der Waals surface area contributed by atoms with Crippen molar-refractivity contribution in [2.75, 3.05) is 0 Å². The summed E-state index contributed by atoms with van der Waals surface area (Å²) in [5, 5.41) is 12.5. The molecule has 0 unspecified atom stereocenters. The molecule has 4 heteroatoms. The highest BCUT2D eigenvalue weighted by atomic mass is 16.3. The van der Waals surface area contributed by atoms with Crippen LogP contribution < -0.4 is 5.46 Å². The van der Waals surface area contributed by atoms with Crippen molar-refractivity contribution in [1.29, 1.82) is 0 Å². The van der Waals surface area contributed by atoms with Crippen LogP contribution in [0.1, 0.15) is 25.0 Å². The number of aromatic nitrogens is 2. The SMILES string of the molecule is Bc1ccc2c(c1)c1ccc(O)cc1n2-c1ccc2c(n1)-c1ccccc1C2(C)C. The zero-order chi connectivity index (χ0) is 20.6. The molecule has 1 aliphatic carbocycles. The second-order valence-electron chi connectivity index (χ2n) is 8.79. The molecular formula is C26H21BN2O. The molecule has 2 heterocycles. The predicted molar refractivity (Wildman–Crippen MR) is 126 cm³/mol. The molecule has 30 heavy (non-hydrogen) atoms. The minimum Gasteiger partial charge on any atom is -0.508 e. The first-order chi connectivity index (χ1) is 14.4. The second kappa shape index (κ2) is 5.76. The van der Waals surface area contributed by atoms with Crippen LogP contribution in [0.2, 0.25) is 0 Å². The van der Waals surface area contributed by atoms with Gasteiger partial charge in [-0.3, -0.25) is 4.57 Å². The van der Waals surface area contributed by atoms with Gasteiger partial charge in [0.1, 0.15) is 19.4 Å². The lowest BCUT2D eigenvalue weighted by Gasteiger charge is -2.21. The standard InChI is InChI=1S/C26H21BN2O/c1-26(2)20-6-4-3-5-18(20)25-21(26)10-12-24(28-25)29-22-11-7-15(27)13-19(22)17-9-8-16(30)14-23(17)29/h3-14,30H,27H2,1-2H3. The molecule has 2 aromatic heterocycles. The fourth-order valence-electron chi connectivity index (χ4n) is 5.03. The molecule has 0 amide bonds. The van der Waals surface area contributed by atoms with E-state index >= 15 is 0 Å². The third-order valence-electron chi connectivity index (χ3n) is 6.54. The maximum atomic E-state index is 10.2. The number of benzene rings is 3. The first kappa shape index (κ1) is 17.3. The Kier molecular flexibility index (Phi) is 3.33. The number of aromatic hydroxyl groups is 1. The summed E-state index contributed by atoms with van der Waals surface area (Å²) >= 11 is 0. The Morgan fingerprint density at radius 3 is 2.53 bits per heavy atom. The monoisotopic (exact) mass is 388 g/mol. The van der Waals surface area contributed by atoms with E-state index in [4.69, 9.17) is 4.98 Å². The minimum absolute atomic E-state index is 0.0618. The number of rotatable bonds is 1. The normalized spacial score (nSPS) is 14.2. The summed E-state index contributed by atoms with van der Waals surface area (Å²) in [4.78, 5) is 5.17. The van der Waals surface area contributed by atoms with Crippen molar-refractivity contribution in [3.05, 3.63) is 83.9 Å². The molecule has 0 atom stereocenters. The van der Waals surface area contributed by atoms with Crippen molar-refractivity contribution in [2.45, 2.75) is 19.3 Å². The van der Waals surface area contributed by atoms with Gasteiger partial charge in [0.2, 0.25) is 0 Å². The molecule has 3 aromatic carbocycles. The summed E-state index contributed by atoms with van der Waals surface area (Å²) in [6, 6.07) is 24.9. The Morgan fingerprint density at radius 1 is 0.833 bits per heavy atom. The Bertz CT molecular complexity index is 1500. The van der Waals surface area contributed by atoms with Gasteiger partial charge < -0.3 is 5.11 Å². The van der Waals surface area contributed by atoms with E-state index < -0.39 is 0 Å². The summed E-state index contributed by atoms with van der Waals surface area (Å²) < 4.78 is 2.16. The van der Waals surface area contributed by atoms with Crippen LogP contribution in [0.15, 0.2) is 72.8 Å². The highest BCUT2D eigenvalue weighted by Crippen LogP contribution is 2.48. The van der Waals surface area contributed by atoms with Crippen LogP contribution in [-0.2, 0) is 5.41 Å². The van der Waals surface area contributed by atoms with E-state index in [1.165, 1.54) is 27.5 Å². The van der Waals surface area contributed by atoms with E-state index in [1.807, 2.05) is 12.1 Å². The number of phenolic OH excluding ortho intramolecular Hbond substituents is 1. The van der Waals surface area contributed by atoms with Crippen LogP contribution in [0.3, 0.4) is 0 Å². The largest absolute Gasteiger partial charge is 0.508 e. The van der Waals surface area contributed by atoms with E-state index in [1.54, 1.807) is 6.07 Å². The number of fused-ring (bicyclic) bond motifs is 6. The third kappa shape index (κ3) is 2.19. The lowest BCUT2D eigenvalue weighted by atomic mass is 9.83. The van der Waals surface area contributed by atoms with E-state index in [0.717, 1.165) is 27.9 Å². The Balaban J connectivity index is 1.70. The molecule has 0 aliphatic heterocycles. The minimum atomic E-state index is -0.0618. The maximum absolute atomic E-state index is 10.2. The number of hydrogen-bond donors (Lipinski definition) is 1. The zero-order valence-corrected chi connectivity index (χ0v) is 17.3. The van der Waals surface area contributed by atoms with Gasteiger partial charge in [-0.15, -0.1) is 0 Å². The summed E-state index contributed by atoms with van der Waals surface area (Å²) in [7, 11) is 2.11. The molecule has 5 aromatic rings. The summed E-state index contributed by atoms with van der Waals surface area (Å²) in [5.41, 5.74) is 8.05. The lowest BCUT2D eigenvalue weighted by Crippen LogP contribution is -2.15. The summed E-state index contributed by atoms with van der Waals surface area (Å²) in [5.74, 6) is 1.13. The molecule has 0 saturated heterocycles. The van der Waals surface area contributed by atoms with Gasteiger partial charge in [0, 0.05) is 27.8 Å². The van der Waals surface area contributed by atoms with Crippen LogP contribution in [0.4, 0.5) is 0 Å². The molecule has 1 N–H and O–H groups in total. The van der Waals surface area contributed by atoms with E-state index in [-0.39, 0.29) is 11.2 Å². The number of pyridine rings is 1. The molecule has 0 bridgehead atoms. The van der Waals surface area contributed by atoms with Crippen LogP contribution in [0.5, 0.6) is 5.75 Å². The van der Waals surface area contributed by atoms with Gasteiger partial charge in [0.05, 0.1) is 16.7 Å². The Morgan fingerprint density at radius 2 is 1.67 bits per heavy atom. The van der Waals surface area contributed by atoms with Gasteiger partial charge in [-0.2, -0.15) is 0 Å². The van der Waals surface area contributed by atoms with Crippen molar-refractivity contribution in [2.24, 2.45) is 0 Å². The summed E-state index contributed by atoms with van der Waals surface area (Å²) in [6.07, 6.45) is 0. The number of phenols is 1. The van der Waals surface area contributed by atoms with Gasteiger partial charge in [-0.1, -0.05) is 61.8 Å². The third-order valence-corrected chi connectivity index (χ3v) is 6.54. The van der Waals surface area contributed by atoms with Gasteiger partial charge in [-0.05, 0) is 35.4 Å². The fraction of sp³-hybridized carbons (Fsp3) is 0.115. The molecule has 0 radical (unpaired) electrons. The summed E-state index contributed by atoms with van der Waals surface area (Å²) in [6.45, 7) is 4.53. The van der Waals surface area contributed by atoms with E-state index in [9.17, 15) is 5.11 Å². The first-order valence-electron chi connectivity index (χ1n) is 10.3. The number of nitrogens with zero attached hydrogens (tertiary/aromatic N) is 2. The highest BCUT2D eigenvalue weighted by molar-refractivity contribution is 6.33. The van der Waals surface area contributed by atoms with Gasteiger partial charge in [0.25, 0.3) is 0 Å². The van der Waals surface area contributed by atoms with Crippen LogP contribution in [-0.4, -0.2) is 22.5 Å². The fourth-order valence-corrected chi connectivity index (χ4v) is 5.03. The van der Waals surface area contributed by atoms with Gasteiger partial charge >= 0.3 is 0 Å². The topological polar surface area (TPSA) is 38.0 Å². The molecule has 144 valence electrons. The van der Waals surface area contributed by atoms with Crippen molar-refractivity contribution in [1.82, 2.24) is 9.55 Å². The highest BCUT2D eigenvalue weighted by Gasteiger charge is 2.36. The van der Waals surface area contributed by atoms with Crippen molar-refractivity contribution in [3.8, 4) is 22.8 Å². The second-order valence-corrected chi connectivity index (χ2v) is 8.79. The molecule has 0 spiro atoms. The van der Waals surface area contributed by atoms with Gasteiger partial charge in [-0.25, -0.2) is 4.98 Å². The molecule has 0 fully saturated rings. The molecule has 0 saturated carbocycles. The molecule has 6 rings (SSSR count). The average molecular weight is 388 g/mol. The number of hydrogen-bond acceptors (Lipinski definition) is 2. The Labute approximate surface area is 176 Å². The van der Waals surface area contributed by atoms with Crippen molar-refractivity contribution < 1.29 is 5.11 Å². The maximum Gasteiger partial charge on any atom is 0.139 e. The van der Waals surface area contributed by atoms with Crippen LogP contribution >= 0.6 is 0 Å². The smallest absolute Gasteiger partial charge is 0.139 e. The zero-order valence-electron chi connectivity index (χ0n) is 17.3. The van der Waals surface area contributed by atoms with Crippen molar-refractivity contribution in [3.63, 3.8) is 0 Å². The average Bonchev–Trinajstić information content (AvgIpc) is 3.17. The van der Waals surface area contributed by atoms with E-state index in [0.29, 0.717) is 0 Å². The van der Waals surface area contributed by atoms with Crippen molar-refractivity contribution >= 4 is 35.1 Å². The molecule has 1 aliphatic rings. The van der Waals surface area contributed by atoms with Gasteiger partial charge in [0.15, 0.2) is 0 Å². The Hall–Kier alpha value is -3.53. The quantitative estimate of drug-likeness (QED) is 0.431. The lowest BCUT2D eigenvalue weighted by molar-refractivity contribution is 0.476. The predicted octanol–water partition coefficient (Wildman–Crippen LogP) is 4.45. The van der Waals surface area contributed by atoms with E-state index in [2.05, 4.69) is 80.9 Å². The molecule has 3 nitrogen and oxygen atoms in total. The first-order valence-corrected chi connectivity index (χ1v) is 10.3.